The number of halogens is 1. The zero-order valence-corrected chi connectivity index (χ0v) is 21.8. The Morgan fingerprint density at radius 1 is 1.07 bits per heavy atom. The van der Waals surface area contributed by atoms with Gasteiger partial charge in [-0.05, 0) is 24.3 Å². The van der Waals surface area contributed by atoms with Gasteiger partial charge in [0.1, 0.15) is 24.5 Å². The molecule has 4 amide bonds. The first-order valence-electron chi connectivity index (χ1n) is 12.9. The van der Waals surface area contributed by atoms with Crippen LogP contribution in [0.2, 0.25) is 0 Å². The van der Waals surface area contributed by atoms with Crippen molar-refractivity contribution < 1.29 is 38.1 Å². The molecule has 0 radical (unpaired) electrons. The van der Waals surface area contributed by atoms with Gasteiger partial charge in [-0.3, -0.25) is 19.2 Å². The second kappa shape index (κ2) is 13.9. The van der Waals surface area contributed by atoms with Crippen LogP contribution in [0.3, 0.4) is 0 Å². The van der Waals surface area contributed by atoms with E-state index >= 15 is 0 Å². The number of aliphatic hydroxyl groups is 1. The summed E-state index contributed by atoms with van der Waals surface area (Å²) in [6, 6.07) is 2.86. The second-order valence-electron chi connectivity index (χ2n) is 9.28. The number of aliphatic hydroxyl groups excluding tert-OH is 1. The largest absolute Gasteiger partial charge is 0.394 e. The maximum atomic E-state index is 13.6. The molecule has 3 N–H and O–H groups in total. The van der Waals surface area contributed by atoms with Crippen molar-refractivity contribution in [3.05, 3.63) is 47.5 Å². The van der Waals surface area contributed by atoms with Gasteiger partial charge < -0.3 is 35.0 Å². The van der Waals surface area contributed by atoms with Gasteiger partial charge in [0, 0.05) is 37.8 Å². The first-order chi connectivity index (χ1) is 19.4. The Labute approximate surface area is 229 Å². The molecular formula is C25H32FN7O7. The zero-order valence-electron chi connectivity index (χ0n) is 21.8. The summed E-state index contributed by atoms with van der Waals surface area (Å²) in [6.07, 6.45) is 1.55. The van der Waals surface area contributed by atoms with Crippen molar-refractivity contribution >= 4 is 23.6 Å². The maximum Gasteiger partial charge on any atom is 0.254 e. The number of hydrogen-bond donors (Lipinski definition) is 3. The minimum atomic E-state index is -1.11. The molecule has 0 bridgehead atoms. The van der Waals surface area contributed by atoms with Crippen LogP contribution < -0.4 is 10.6 Å². The average Bonchev–Trinajstić information content (AvgIpc) is 3.40. The molecule has 0 saturated carbocycles. The third-order valence-corrected chi connectivity index (χ3v) is 6.49. The van der Waals surface area contributed by atoms with E-state index in [-0.39, 0.29) is 77.7 Å². The summed E-state index contributed by atoms with van der Waals surface area (Å²) in [7, 11) is 0. The summed E-state index contributed by atoms with van der Waals surface area (Å²) in [6.45, 7) is 0.572. The van der Waals surface area contributed by atoms with Gasteiger partial charge in [-0.1, -0.05) is 5.21 Å². The number of fused-ring (bicyclic) bond motifs is 1. The standard InChI is InChI=1S/C25H32FN7O7/c26-18-3-1-17(2-4-18)25(38)31-6-7-33-21(15-31)24(37)28-20(13-19-14-32(8-9-34)30-29-19)23(36)27-5-10-39-11-12-40-16-22(33)35/h1-4,14,20-21,34H,5-13,15-16H2,(H,27,36)(H,28,37)/t20-,21+/m1/s1. The van der Waals surface area contributed by atoms with Crippen LogP contribution in [0.1, 0.15) is 16.1 Å². The predicted octanol–water partition coefficient (Wildman–Crippen LogP) is -2.05. The number of aromatic nitrogens is 3. The average molecular weight is 562 g/mol. The molecule has 15 heteroatoms. The SMILES string of the molecule is O=C1NCCOCCOCC(=O)N2CCN(C(=O)c3ccc(F)cc3)C[C@H]2C(=O)N[C@@H]1Cc1cn(CCO)nn1. The lowest BCUT2D eigenvalue weighted by molar-refractivity contribution is -0.147. The van der Waals surface area contributed by atoms with Gasteiger partial charge in [0.15, 0.2) is 0 Å². The van der Waals surface area contributed by atoms with Gasteiger partial charge in [0.05, 0.1) is 45.2 Å². The maximum absolute atomic E-state index is 13.6. The quantitative estimate of drug-likeness (QED) is 0.372. The van der Waals surface area contributed by atoms with E-state index in [1.165, 1.54) is 38.7 Å². The molecule has 4 rings (SSSR count). The lowest BCUT2D eigenvalue weighted by Crippen LogP contribution is -2.64. The number of carbonyl (C=O) groups is 4. The highest BCUT2D eigenvalue weighted by molar-refractivity contribution is 5.96. The van der Waals surface area contributed by atoms with Gasteiger partial charge in [-0.25, -0.2) is 9.07 Å². The molecule has 0 spiro atoms. The first-order valence-corrected chi connectivity index (χ1v) is 12.9. The lowest BCUT2D eigenvalue weighted by Gasteiger charge is -2.41. The fraction of sp³-hybridized carbons (Fsp3) is 0.520. The van der Waals surface area contributed by atoms with Crippen molar-refractivity contribution in [2.24, 2.45) is 0 Å². The van der Waals surface area contributed by atoms with Crippen LogP contribution in [-0.2, 0) is 36.8 Å². The molecule has 40 heavy (non-hydrogen) atoms. The summed E-state index contributed by atoms with van der Waals surface area (Å²) in [4.78, 5) is 55.6. The number of nitrogens with zero attached hydrogens (tertiary/aromatic N) is 5. The Bertz CT molecular complexity index is 1190. The predicted molar refractivity (Wildman–Crippen MR) is 135 cm³/mol. The lowest BCUT2D eigenvalue weighted by atomic mass is 10.1. The highest BCUT2D eigenvalue weighted by Gasteiger charge is 2.38. The van der Waals surface area contributed by atoms with Crippen molar-refractivity contribution in [1.82, 2.24) is 35.4 Å². The number of hydrogen-bond acceptors (Lipinski definition) is 9. The number of benzene rings is 1. The van der Waals surface area contributed by atoms with Crippen molar-refractivity contribution in [2.45, 2.75) is 25.0 Å². The number of nitrogens with one attached hydrogen (secondary N) is 2. The summed E-state index contributed by atoms with van der Waals surface area (Å²) >= 11 is 0. The number of rotatable bonds is 5. The normalized spacial score (nSPS) is 21.6. The van der Waals surface area contributed by atoms with Crippen LogP contribution in [0.15, 0.2) is 30.5 Å². The Morgan fingerprint density at radius 2 is 1.85 bits per heavy atom. The second-order valence-corrected chi connectivity index (χ2v) is 9.28. The Kier molecular flexibility index (Phi) is 10.1. The van der Waals surface area contributed by atoms with Gasteiger partial charge in [-0.15, -0.1) is 5.10 Å². The molecule has 216 valence electrons. The van der Waals surface area contributed by atoms with Gasteiger partial charge in [0.2, 0.25) is 17.7 Å². The molecule has 2 atom stereocenters. The number of carbonyl (C=O) groups excluding carboxylic acids is 4. The van der Waals surface area contributed by atoms with E-state index in [9.17, 15) is 23.6 Å². The summed E-state index contributed by atoms with van der Waals surface area (Å²) in [5, 5.41) is 22.5. The van der Waals surface area contributed by atoms with Crippen LogP contribution >= 0.6 is 0 Å². The van der Waals surface area contributed by atoms with Crippen molar-refractivity contribution in [2.75, 3.05) is 59.2 Å². The fourth-order valence-corrected chi connectivity index (χ4v) is 4.43. The molecule has 1 aromatic heterocycles. The fourth-order valence-electron chi connectivity index (χ4n) is 4.43. The van der Waals surface area contributed by atoms with Crippen molar-refractivity contribution in [1.29, 1.82) is 0 Å². The van der Waals surface area contributed by atoms with Crippen LogP contribution in [0, 0.1) is 5.82 Å². The molecular weight excluding hydrogens is 529 g/mol. The Hall–Kier alpha value is -3.95. The topological polar surface area (TPSA) is 168 Å². The summed E-state index contributed by atoms with van der Waals surface area (Å²) in [5.41, 5.74) is 0.645. The van der Waals surface area contributed by atoms with E-state index in [1.54, 1.807) is 6.20 Å². The van der Waals surface area contributed by atoms with Crippen LogP contribution in [0.25, 0.3) is 0 Å². The van der Waals surface area contributed by atoms with E-state index in [2.05, 4.69) is 20.9 Å². The minimum Gasteiger partial charge on any atom is -0.394 e. The smallest absolute Gasteiger partial charge is 0.254 e. The molecule has 2 aliphatic heterocycles. The summed E-state index contributed by atoms with van der Waals surface area (Å²) in [5.74, 6) is -2.48. The molecule has 3 heterocycles. The van der Waals surface area contributed by atoms with Crippen molar-refractivity contribution in [3.8, 4) is 0 Å². The molecule has 2 aliphatic rings. The molecule has 2 saturated heterocycles. The third-order valence-electron chi connectivity index (χ3n) is 6.49. The highest BCUT2D eigenvalue weighted by Crippen LogP contribution is 2.16. The minimum absolute atomic E-state index is 0.00807. The first kappa shape index (κ1) is 29.0. The van der Waals surface area contributed by atoms with Crippen LogP contribution in [0.5, 0.6) is 0 Å². The molecule has 14 nitrogen and oxygen atoms in total. The molecule has 0 unspecified atom stereocenters. The zero-order chi connectivity index (χ0) is 28.5. The Balaban J connectivity index is 1.56. The van der Waals surface area contributed by atoms with Gasteiger partial charge in [-0.2, -0.15) is 0 Å². The highest BCUT2D eigenvalue weighted by atomic mass is 19.1. The van der Waals surface area contributed by atoms with Crippen LogP contribution in [-0.4, -0.2) is 125 Å². The Morgan fingerprint density at radius 3 is 2.62 bits per heavy atom. The number of piperazine rings is 1. The molecule has 2 fully saturated rings. The number of ether oxygens (including phenoxy) is 2. The van der Waals surface area contributed by atoms with E-state index in [0.717, 1.165) is 0 Å². The number of amides is 4. The van der Waals surface area contributed by atoms with Crippen molar-refractivity contribution in [3.63, 3.8) is 0 Å². The van der Waals surface area contributed by atoms with Crippen LogP contribution in [0.4, 0.5) is 4.39 Å². The third kappa shape index (κ3) is 7.58. The van der Waals surface area contributed by atoms with Gasteiger partial charge in [0.25, 0.3) is 5.91 Å². The van der Waals surface area contributed by atoms with E-state index < -0.39 is 41.5 Å². The summed E-state index contributed by atoms with van der Waals surface area (Å²) < 4.78 is 25.6. The molecule has 2 aromatic rings. The molecule has 1 aromatic carbocycles. The van der Waals surface area contributed by atoms with Gasteiger partial charge >= 0.3 is 0 Å². The molecule has 0 aliphatic carbocycles. The van der Waals surface area contributed by atoms with E-state index in [1.807, 2.05) is 0 Å². The van der Waals surface area contributed by atoms with E-state index in [0.29, 0.717) is 5.69 Å². The van der Waals surface area contributed by atoms with E-state index in [4.69, 9.17) is 14.6 Å². The monoisotopic (exact) mass is 561 g/mol.